The smallest absolute Gasteiger partial charge is 0.336 e. The first-order valence-corrected chi connectivity index (χ1v) is 11.3. The minimum atomic E-state index is -0.299. The average Bonchev–Trinajstić information content (AvgIpc) is 3.53. The van der Waals surface area contributed by atoms with Gasteiger partial charge in [0.05, 0.1) is 16.7 Å². The molecule has 0 bridgehead atoms. The summed E-state index contributed by atoms with van der Waals surface area (Å²) in [4.78, 5) is 31.3. The Labute approximate surface area is 186 Å². The maximum atomic E-state index is 13.3. The highest BCUT2D eigenvalue weighted by atomic mass is 16.5. The van der Waals surface area contributed by atoms with Crippen LogP contribution in [-0.4, -0.2) is 55.1 Å². The topological polar surface area (TPSA) is 103 Å². The molecule has 9 heteroatoms. The SMILES string of the molecule is CC1=C(N2CCC3(CCC(C[C@@H](C)c4ccc(-n5cnnn5)nc4)CC3)C2=O)COC1=O. The predicted octanol–water partition coefficient (Wildman–Crippen LogP) is 2.79. The van der Waals surface area contributed by atoms with E-state index in [0.29, 0.717) is 29.8 Å². The molecule has 1 aliphatic carbocycles. The first kappa shape index (κ1) is 20.8. The normalized spacial score (nSPS) is 26.8. The third-order valence-corrected chi connectivity index (χ3v) is 7.59. The molecule has 1 amide bonds. The van der Waals surface area contributed by atoms with E-state index in [1.165, 1.54) is 11.9 Å². The molecule has 0 unspecified atom stereocenters. The van der Waals surface area contributed by atoms with Crippen LogP contribution in [0.25, 0.3) is 5.82 Å². The van der Waals surface area contributed by atoms with Gasteiger partial charge in [-0.2, -0.15) is 4.68 Å². The molecule has 2 aliphatic heterocycles. The third kappa shape index (κ3) is 3.59. The molecule has 32 heavy (non-hydrogen) atoms. The molecule has 0 radical (unpaired) electrons. The van der Waals surface area contributed by atoms with Gasteiger partial charge in [-0.3, -0.25) is 4.79 Å². The van der Waals surface area contributed by atoms with Crippen LogP contribution in [0.2, 0.25) is 0 Å². The van der Waals surface area contributed by atoms with Gasteiger partial charge in [0.2, 0.25) is 5.91 Å². The molecule has 1 spiro atoms. The second-order valence-corrected chi connectivity index (χ2v) is 9.42. The van der Waals surface area contributed by atoms with Crippen molar-refractivity contribution in [1.82, 2.24) is 30.1 Å². The molecule has 0 N–H and O–H groups in total. The number of tetrazole rings is 1. The van der Waals surface area contributed by atoms with E-state index in [1.54, 1.807) is 11.6 Å². The number of hydrogen-bond acceptors (Lipinski definition) is 7. The third-order valence-electron chi connectivity index (χ3n) is 7.59. The fourth-order valence-corrected chi connectivity index (χ4v) is 5.48. The number of hydrogen-bond donors (Lipinski definition) is 0. The molecule has 3 aliphatic rings. The Bertz CT molecular complexity index is 1040. The number of likely N-dealkylation sites (tertiary alicyclic amines) is 1. The van der Waals surface area contributed by atoms with E-state index in [0.717, 1.165) is 44.2 Å². The molecule has 9 nitrogen and oxygen atoms in total. The summed E-state index contributed by atoms with van der Waals surface area (Å²) < 4.78 is 6.67. The van der Waals surface area contributed by atoms with E-state index in [-0.39, 0.29) is 23.9 Å². The Balaban J connectivity index is 1.18. The van der Waals surface area contributed by atoms with E-state index in [1.807, 2.05) is 17.2 Å². The van der Waals surface area contributed by atoms with Crippen molar-refractivity contribution < 1.29 is 14.3 Å². The van der Waals surface area contributed by atoms with E-state index in [4.69, 9.17) is 4.74 Å². The molecule has 1 saturated heterocycles. The van der Waals surface area contributed by atoms with Crippen molar-refractivity contribution >= 4 is 11.9 Å². The molecule has 168 valence electrons. The first-order valence-electron chi connectivity index (χ1n) is 11.3. The van der Waals surface area contributed by atoms with E-state index in [9.17, 15) is 9.59 Å². The predicted molar refractivity (Wildman–Crippen MR) is 114 cm³/mol. The lowest BCUT2D eigenvalue weighted by molar-refractivity contribution is -0.138. The van der Waals surface area contributed by atoms with Crippen LogP contribution >= 0.6 is 0 Å². The van der Waals surface area contributed by atoms with Gasteiger partial charge in [0, 0.05) is 12.7 Å². The second kappa shape index (κ2) is 8.11. The van der Waals surface area contributed by atoms with Crippen molar-refractivity contribution in [1.29, 1.82) is 0 Å². The number of rotatable bonds is 5. The fraction of sp³-hybridized carbons (Fsp3) is 0.565. The Morgan fingerprint density at radius 1 is 1.22 bits per heavy atom. The van der Waals surface area contributed by atoms with Crippen molar-refractivity contribution in [3.8, 4) is 5.82 Å². The molecular formula is C23H28N6O3. The van der Waals surface area contributed by atoms with Gasteiger partial charge in [-0.25, -0.2) is 9.78 Å². The summed E-state index contributed by atoms with van der Waals surface area (Å²) in [6.07, 6.45) is 9.39. The van der Waals surface area contributed by atoms with Crippen LogP contribution in [0.1, 0.15) is 63.9 Å². The van der Waals surface area contributed by atoms with Gasteiger partial charge in [-0.1, -0.05) is 13.0 Å². The highest BCUT2D eigenvalue weighted by Crippen LogP contribution is 2.49. The van der Waals surface area contributed by atoms with Crippen LogP contribution < -0.4 is 0 Å². The van der Waals surface area contributed by atoms with Crippen LogP contribution in [0.3, 0.4) is 0 Å². The summed E-state index contributed by atoms with van der Waals surface area (Å²) in [5, 5.41) is 11.2. The van der Waals surface area contributed by atoms with Crippen LogP contribution in [-0.2, 0) is 14.3 Å². The highest BCUT2D eigenvalue weighted by molar-refractivity contribution is 5.94. The van der Waals surface area contributed by atoms with Crippen molar-refractivity contribution in [2.45, 2.75) is 58.3 Å². The summed E-state index contributed by atoms with van der Waals surface area (Å²) in [6, 6.07) is 4.04. The van der Waals surface area contributed by atoms with Gasteiger partial charge < -0.3 is 9.64 Å². The summed E-state index contributed by atoms with van der Waals surface area (Å²) in [5.41, 5.74) is 2.30. The van der Waals surface area contributed by atoms with Crippen molar-refractivity contribution in [2.75, 3.05) is 13.2 Å². The summed E-state index contributed by atoms with van der Waals surface area (Å²) in [5.74, 6) is 1.60. The zero-order valence-electron chi connectivity index (χ0n) is 18.5. The van der Waals surface area contributed by atoms with Gasteiger partial charge in [0.1, 0.15) is 12.9 Å². The monoisotopic (exact) mass is 436 g/mol. The summed E-state index contributed by atoms with van der Waals surface area (Å²) >= 11 is 0. The number of cyclic esters (lactones) is 1. The second-order valence-electron chi connectivity index (χ2n) is 9.42. The van der Waals surface area contributed by atoms with Gasteiger partial charge in [-0.05, 0) is 79.3 Å². The van der Waals surface area contributed by atoms with Crippen LogP contribution in [0.4, 0.5) is 0 Å². The largest absolute Gasteiger partial charge is 0.456 e. The lowest BCUT2D eigenvalue weighted by Crippen LogP contribution is -2.37. The van der Waals surface area contributed by atoms with Gasteiger partial charge >= 0.3 is 5.97 Å². The molecule has 2 aromatic heterocycles. The van der Waals surface area contributed by atoms with E-state index in [2.05, 4.69) is 33.5 Å². The molecular weight excluding hydrogens is 408 g/mol. The molecule has 1 atom stereocenters. The number of ether oxygens (including phenoxy) is 1. The number of pyridine rings is 1. The summed E-state index contributed by atoms with van der Waals surface area (Å²) in [7, 11) is 0. The number of carbonyl (C=O) groups excluding carboxylic acids is 2. The standard InChI is InChI=1S/C23H28N6O3/c1-15(18-3-4-20(24-12-18)29-14-25-26-27-29)11-17-5-7-23(8-6-17)9-10-28(22(23)31)19-13-32-21(30)16(19)2/h3-4,12,14-15,17H,5-11,13H2,1-2H3/t15-,17?,23?/m1/s1. The number of esters is 1. The van der Waals surface area contributed by atoms with Crippen molar-refractivity contribution in [2.24, 2.45) is 11.3 Å². The first-order chi connectivity index (χ1) is 15.5. The van der Waals surface area contributed by atoms with Gasteiger partial charge in [0.25, 0.3) is 0 Å². The minimum absolute atomic E-state index is 0.194. The molecule has 1 saturated carbocycles. The maximum Gasteiger partial charge on any atom is 0.336 e. The Kier molecular flexibility index (Phi) is 5.27. The van der Waals surface area contributed by atoms with Crippen LogP contribution in [0, 0.1) is 11.3 Å². The Morgan fingerprint density at radius 3 is 2.66 bits per heavy atom. The lowest BCUT2D eigenvalue weighted by atomic mass is 9.68. The summed E-state index contributed by atoms with van der Waals surface area (Å²) in [6.45, 7) is 4.92. The zero-order valence-corrected chi connectivity index (χ0v) is 18.5. The molecule has 5 rings (SSSR count). The van der Waals surface area contributed by atoms with E-state index >= 15 is 0 Å². The quantitative estimate of drug-likeness (QED) is 0.664. The van der Waals surface area contributed by atoms with E-state index < -0.39 is 0 Å². The maximum absolute atomic E-state index is 13.3. The Morgan fingerprint density at radius 2 is 2.03 bits per heavy atom. The molecule has 0 aromatic carbocycles. The zero-order chi connectivity index (χ0) is 22.3. The Hall–Kier alpha value is -3.10. The van der Waals surface area contributed by atoms with Crippen molar-refractivity contribution in [3.63, 3.8) is 0 Å². The lowest BCUT2D eigenvalue weighted by Gasteiger charge is -2.36. The van der Waals surface area contributed by atoms with Crippen LogP contribution in [0.15, 0.2) is 35.9 Å². The number of amides is 1. The molecule has 2 fully saturated rings. The average molecular weight is 437 g/mol. The van der Waals surface area contributed by atoms with Crippen molar-refractivity contribution in [3.05, 3.63) is 41.5 Å². The van der Waals surface area contributed by atoms with Gasteiger partial charge in [-0.15, -0.1) is 5.10 Å². The number of carbonyl (C=O) groups is 2. The molecule has 2 aromatic rings. The van der Waals surface area contributed by atoms with Crippen LogP contribution in [0.5, 0.6) is 0 Å². The highest BCUT2D eigenvalue weighted by Gasteiger charge is 2.50. The van der Waals surface area contributed by atoms with Gasteiger partial charge in [0.15, 0.2) is 5.82 Å². The fourth-order valence-electron chi connectivity index (χ4n) is 5.48. The number of nitrogens with zero attached hydrogens (tertiary/aromatic N) is 6. The minimum Gasteiger partial charge on any atom is -0.456 e. The number of aromatic nitrogens is 5. The molecule has 4 heterocycles.